The Labute approximate surface area is 101 Å². The normalized spacial score (nSPS) is 10.2. The summed E-state index contributed by atoms with van der Waals surface area (Å²) in [7, 11) is 0. The maximum atomic E-state index is 13.3. The van der Waals surface area contributed by atoms with Crippen molar-refractivity contribution in [2.75, 3.05) is 6.61 Å². The van der Waals surface area contributed by atoms with E-state index in [1.165, 1.54) is 12.1 Å². The molecule has 2 nitrogen and oxygen atoms in total. The first-order valence-electron chi connectivity index (χ1n) is 4.83. The van der Waals surface area contributed by atoms with Gasteiger partial charge in [0.05, 0.1) is 6.61 Å². The van der Waals surface area contributed by atoms with Crippen LogP contribution in [0.1, 0.15) is 18.9 Å². The van der Waals surface area contributed by atoms with E-state index < -0.39 is 17.6 Å². The third-order valence-electron chi connectivity index (χ3n) is 1.99. The first-order chi connectivity index (χ1) is 7.54. The SMILES string of the molecule is CCOC(=O)CCc1c(F)cc(Br)cc1F. The molecule has 1 aromatic rings. The zero-order valence-corrected chi connectivity index (χ0v) is 10.3. The topological polar surface area (TPSA) is 26.3 Å². The van der Waals surface area contributed by atoms with E-state index in [0.717, 1.165) is 0 Å². The molecule has 0 saturated heterocycles. The van der Waals surface area contributed by atoms with Gasteiger partial charge in [-0.2, -0.15) is 0 Å². The summed E-state index contributed by atoms with van der Waals surface area (Å²) in [5.74, 6) is -1.77. The summed E-state index contributed by atoms with van der Waals surface area (Å²) >= 11 is 2.98. The zero-order valence-electron chi connectivity index (χ0n) is 8.73. The first kappa shape index (κ1) is 13.1. The summed E-state index contributed by atoms with van der Waals surface area (Å²) in [6.45, 7) is 1.95. The highest BCUT2D eigenvalue weighted by molar-refractivity contribution is 9.10. The van der Waals surface area contributed by atoms with E-state index in [4.69, 9.17) is 0 Å². The summed E-state index contributed by atoms with van der Waals surface area (Å²) in [6.07, 6.45) is -0.0207. The van der Waals surface area contributed by atoms with E-state index in [0.29, 0.717) is 4.47 Å². The van der Waals surface area contributed by atoms with Crippen molar-refractivity contribution in [3.05, 3.63) is 33.8 Å². The quantitative estimate of drug-likeness (QED) is 0.797. The van der Waals surface area contributed by atoms with Gasteiger partial charge in [-0.15, -0.1) is 0 Å². The number of hydrogen-bond donors (Lipinski definition) is 0. The molecule has 5 heteroatoms. The van der Waals surface area contributed by atoms with Crippen LogP contribution in [-0.4, -0.2) is 12.6 Å². The fraction of sp³-hybridized carbons (Fsp3) is 0.364. The summed E-state index contributed by atoms with van der Waals surface area (Å²) in [6, 6.07) is 2.34. The van der Waals surface area contributed by atoms with Gasteiger partial charge in [0.25, 0.3) is 0 Å². The fourth-order valence-corrected chi connectivity index (χ4v) is 1.67. The smallest absolute Gasteiger partial charge is 0.306 e. The number of carbonyl (C=O) groups is 1. The Morgan fingerprint density at radius 3 is 2.44 bits per heavy atom. The number of hydrogen-bond acceptors (Lipinski definition) is 2. The number of ether oxygens (including phenoxy) is 1. The lowest BCUT2D eigenvalue weighted by atomic mass is 10.1. The van der Waals surface area contributed by atoms with E-state index in [1.807, 2.05) is 0 Å². The molecule has 0 saturated carbocycles. The van der Waals surface area contributed by atoms with Crippen LogP contribution in [0.5, 0.6) is 0 Å². The lowest BCUT2D eigenvalue weighted by Crippen LogP contribution is -2.07. The Morgan fingerprint density at radius 2 is 1.94 bits per heavy atom. The molecule has 0 heterocycles. The van der Waals surface area contributed by atoms with Crippen LogP contribution in [0, 0.1) is 11.6 Å². The summed E-state index contributed by atoms with van der Waals surface area (Å²) in [5.41, 5.74) is -0.0868. The molecular formula is C11H11BrF2O2. The van der Waals surface area contributed by atoms with Crippen LogP contribution in [0.3, 0.4) is 0 Å². The van der Waals surface area contributed by atoms with Gasteiger partial charge in [-0.1, -0.05) is 15.9 Å². The van der Waals surface area contributed by atoms with E-state index >= 15 is 0 Å². The van der Waals surface area contributed by atoms with Gasteiger partial charge in [0, 0.05) is 16.5 Å². The summed E-state index contributed by atoms with van der Waals surface area (Å²) in [5, 5.41) is 0. The van der Waals surface area contributed by atoms with Crippen molar-refractivity contribution in [1.29, 1.82) is 0 Å². The van der Waals surface area contributed by atoms with Gasteiger partial charge in [-0.05, 0) is 25.5 Å². The molecule has 0 aliphatic heterocycles. The molecule has 0 aliphatic rings. The lowest BCUT2D eigenvalue weighted by molar-refractivity contribution is -0.143. The van der Waals surface area contributed by atoms with Crippen LogP contribution in [0.4, 0.5) is 8.78 Å². The molecule has 0 unspecified atom stereocenters. The number of esters is 1. The molecule has 1 rings (SSSR count). The Morgan fingerprint density at radius 1 is 1.38 bits per heavy atom. The van der Waals surface area contributed by atoms with Crippen LogP contribution < -0.4 is 0 Å². The van der Waals surface area contributed by atoms with Crippen LogP contribution in [0.25, 0.3) is 0 Å². The number of benzene rings is 1. The molecule has 0 bridgehead atoms. The van der Waals surface area contributed by atoms with E-state index in [2.05, 4.69) is 20.7 Å². The van der Waals surface area contributed by atoms with Gasteiger partial charge < -0.3 is 4.74 Å². The van der Waals surface area contributed by atoms with Crippen molar-refractivity contribution in [3.63, 3.8) is 0 Å². The van der Waals surface area contributed by atoms with Crippen molar-refractivity contribution < 1.29 is 18.3 Å². The number of rotatable bonds is 4. The second-order valence-electron chi connectivity index (χ2n) is 3.15. The average molecular weight is 293 g/mol. The third-order valence-corrected chi connectivity index (χ3v) is 2.45. The second kappa shape index (κ2) is 5.94. The monoisotopic (exact) mass is 292 g/mol. The first-order valence-corrected chi connectivity index (χ1v) is 5.63. The van der Waals surface area contributed by atoms with Gasteiger partial charge >= 0.3 is 5.97 Å². The van der Waals surface area contributed by atoms with Crippen molar-refractivity contribution in [2.45, 2.75) is 19.8 Å². The minimum Gasteiger partial charge on any atom is -0.466 e. The maximum Gasteiger partial charge on any atom is 0.306 e. The highest BCUT2D eigenvalue weighted by atomic mass is 79.9. The highest BCUT2D eigenvalue weighted by Crippen LogP contribution is 2.20. The minimum absolute atomic E-state index is 0.00375. The largest absolute Gasteiger partial charge is 0.466 e. The van der Waals surface area contributed by atoms with Crippen LogP contribution in [-0.2, 0) is 16.0 Å². The average Bonchev–Trinajstić information content (AvgIpc) is 2.16. The predicted octanol–water partition coefficient (Wildman–Crippen LogP) is 3.22. The van der Waals surface area contributed by atoms with Gasteiger partial charge in [-0.3, -0.25) is 4.79 Å². The maximum absolute atomic E-state index is 13.3. The van der Waals surface area contributed by atoms with Crippen molar-refractivity contribution in [2.24, 2.45) is 0 Å². The number of carbonyl (C=O) groups excluding carboxylic acids is 1. The summed E-state index contributed by atoms with van der Waals surface area (Å²) in [4.78, 5) is 11.0. The molecule has 0 atom stereocenters. The molecule has 0 aliphatic carbocycles. The molecule has 1 aromatic carbocycles. The van der Waals surface area contributed by atoms with Gasteiger partial charge in [0.1, 0.15) is 11.6 Å². The standard InChI is InChI=1S/C11H11BrF2O2/c1-2-16-11(15)4-3-8-9(13)5-7(12)6-10(8)14/h5-6H,2-4H2,1H3. The minimum atomic E-state index is -0.656. The summed E-state index contributed by atoms with van der Waals surface area (Å²) < 4.78 is 31.7. The van der Waals surface area contributed by atoms with E-state index in [-0.39, 0.29) is 25.0 Å². The van der Waals surface area contributed by atoms with Gasteiger partial charge in [0.15, 0.2) is 0 Å². The van der Waals surface area contributed by atoms with Crippen LogP contribution >= 0.6 is 15.9 Å². The van der Waals surface area contributed by atoms with Gasteiger partial charge in [0.2, 0.25) is 0 Å². The molecule has 0 amide bonds. The third kappa shape index (κ3) is 3.56. The highest BCUT2D eigenvalue weighted by Gasteiger charge is 2.12. The van der Waals surface area contributed by atoms with E-state index in [9.17, 15) is 13.6 Å². The predicted molar refractivity (Wildman–Crippen MR) is 59.0 cm³/mol. The van der Waals surface area contributed by atoms with Crippen molar-refractivity contribution in [3.8, 4) is 0 Å². The molecule has 0 spiro atoms. The van der Waals surface area contributed by atoms with E-state index in [1.54, 1.807) is 6.92 Å². The lowest BCUT2D eigenvalue weighted by Gasteiger charge is -2.05. The fourth-order valence-electron chi connectivity index (χ4n) is 1.27. The molecule has 0 aromatic heterocycles. The molecule has 16 heavy (non-hydrogen) atoms. The van der Waals surface area contributed by atoms with Crippen LogP contribution in [0.2, 0.25) is 0 Å². The Hall–Kier alpha value is -0.970. The molecule has 88 valence electrons. The Balaban J connectivity index is 2.70. The number of halogens is 3. The second-order valence-corrected chi connectivity index (χ2v) is 4.07. The molecule has 0 N–H and O–H groups in total. The van der Waals surface area contributed by atoms with Crippen LogP contribution in [0.15, 0.2) is 16.6 Å². The van der Waals surface area contributed by atoms with Gasteiger partial charge in [-0.25, -0.2) is 8.78 Å². The molecule has 0 radical (unpaired) electrons. The zero-order chi connectivity index (χ0) is 12.1. The molecular weight excluding hydrogens is 282 g/mol. The Bertz CT molecular complexity index is 371. The molecule has 0 fully saturated rings. The van der Waals surface area contributed by atoms with Crippen molar-refractivity contribution >= 4 is 21.9 Å². The van der Waals surface area contributed by atoms with Crippen molar-refractivity contribution in [1.82, 2.24) is 0 Å². The Kier molecular flexibility index (Phi) is 4.86.